The Morgan fingerprint density at radius 3 is 2.32 bits per heavy atom. The number of imidazole rings is 1. The predicted octanol–water partition coefficient (Wildman–Crippen LogP) is -0.536. The fourth-order valence-electron chi connectivity index (χ4n) is 4.35. The van der Waals surface area contributed by atoms with Crippen LogP contribution in [0.4, 0.5) is 0 Å². The highest BCUT2D eigenvalue weighted by Gasteiger charge is 2.33. The van der Waals surface area contributed by atoms with Gasteiger partial charge in [0.25, 0.3) is 0 Å². The Kier molecular flexibility index (Phi) is 10.6. The summed E-state index contributed by atoms with van der Waals surface area (Å²) in [4.78, 5) is 72.6. The van der Waals surface area contributed by atoms with Gasteiger partial charge in [0.15, 0.2) is 0 Å². The molecule has 14 nitrogen and oxygen atoms in total. The van der Waals surface area contributed by atoms with E-state index in [1.165, 1.54) is 12.5 Å². The van der Waals surface area contributed by atoms with Crippen LogP contribution in [0.2, 0.25) is 0 Å². The number of amides is 4. The molecule has 5 unspecified atom stereocenters. The number of hydrogen-bond donors (Lipinski definition) is 8. The van der Waals surface area contributed by atoms with Gasteiger partial charge >= 0.3 is 5.97 Å². The Labute approximate surface area is 236 Å². The summed E-state index contributed by atoms with van der Waals surface area (Å²) in [5.74, 6) is -4.83. The number of aromatic amines is 2. The van der Waals surface area contributed by atoms with Crippen LogP contribution in [0.15, 0.2) is 43.0 Å². The molecule has 2 heterocycles. The third-order valence-electron chi connectivity index (χ3n) is 6.88. The van der Waals surface area contributed by atoms with Crippen molar-refractivity contribution in [1.82, 2.24) is 30.9 Å². The van der Waals surface area contributed by atoms with Gasteiger partial charge in [0.1, 0.15) is 18.1 Å². The van der Waals surface area contributed by atoms with Crippen molar-refractivity contribution in [3.8, 4) is 0 Å². The quantitative estimate of drug-likeness (QED) is 0.118. The molecule has 3 rings (SSSR count). The molecule has 4 amide bonds. The number of fused-ring (bicyclic) bond motifs is 1. The minimum absolute atomic E-state index is 0.113. The highest BCUT2D eigenvalue weighted by molar-refractivity contribution is 5.96. The zero-order valence-corrected chi connectivity index (χ0v) is 22.8. The SMILES string of the molecule is CCC(C)C(NC(=O)C(N)Cc1c[nH]c2ccccc12)C(=O)NC(CC(N)=O)C(=O)NC(Cc1cnc[nH]1)C(=O)O. The molecule has 0 saturated carbocycles. The summed E-state index contributed by atoms with van der Waals surface area (Å²) in [7, 11) is 0. The first-order valence-electron chi connectivity index (χ1n) is 13.2. The Morgan fingerprint density at radius 2 is 1.68 bits per heavy atom. The number of para-hydroxylation sites is 1. The van der Waals surface area contributed by atoms with Gasteiger partial charge in [-0.1, -0.05) is 38.5 Å². The van der Waals surface area contributed by atoms with E-state index in [0.717, 1.165) is 16.5 Å². The second kappa shape index (κ2) is 14.1. The zero-order chi connectivity index (χ0) is 30.1. The van der Waals surface area contributed by atoms with Crippen molar-refractivity contribution in [1.29, 1.82) is 0 Å². The van der Waals surface area contributed by atoms with E-state index in [2.05, 4.69) is 30.9 Å². The van der Waals surface area contributed by atoms with E-state index in [-0.39, 0.29) is 18.8 Å². The molecule has 2 aromatic heterocycles. The van der Waals surface area contributed by atoms with E-state index in [1.807, 2.05) is 31.2 Å². The lowest BCUT2D eigenvalue weighted by atomic mass is 9.96. The monoisotopic (exact) mass is 568 g/mol. The molecule has 0 aliphatic heterocycles. The van der Waals surface area contributed by atoms with Crippen molar-refractivity contribution in [3.05, 3.63) is 54.2 Å². The largest absolute Gasteiger partial charge is 0.480 e. The molecule has 220 valence electrons. The van der Waals surface area contributed by atoms with Crippen LogP contribution in [0.5, 0.6) is 0 Å². The van der Waals surface area contributed by atoms with Gasteiger partial charge < -0.3 is 42.5 Å². The Hall–Kier alpha value is -4.72. The number of carboxylic acids is 1. The van der Waals surface area contributed by atoms with Crippen LogP contribution in [-0.2, 0) is 36.8 Å². The van der Waals surface area contributed by atoms with Crippen molar-refractivity contribution in [2.75, 3.05) is 0 Å². The first-order valence-corrected chi connectivity index (χ1v) is 13.2. The third-order valence-corrected chi connectivity index (χ3v) is 6.88. The van der Waals surface area contributed by atoms with Crippen molar-refractivity contribution in [3.63, 3.8) is 0 Å². The molecule has 0 saturated heterocycles. The summed E-state index contributed by atoms with van der Waals surface area (Å²) in [6, 6.07) is 2.66. The standard InChI is InChI=1S/C27H36N8O6/c1-3-14(2)23(35-24(37)18(28)8-15-11-31-19-7-5-4-6-17(15)19)26(39)33-20(10-22(29)36)25(38)34-21(27(40)41)9-16-12-30-13-32-16/h4-7,11-14,18,20-21,23,31H,3,8-10,28H2,1-2H3,(H2,29,36)(H,30,32)(H,33,39)(H,34,38)(H,35,37)(H,40,41). The summed E-state index contributed by atoms with van der Waals surface area (Å²) >= 11 is 0. The van der Waals surface area contributed by atoms with E-state index >= 15 is 0 Å². The van der Waals surface area contributed by atoms with Crippen molar-refractivity contribution in [2.45, 2.75) is 63.7 Å². The average Bonchev–Trinajstić information content (AvgIpc) is 3.60. The van der Waals surface area contributed by atoms with Gasteiger partial charge in [-0.05, 0) is 24.0 Å². The molecule has 0 fully saturated rings. The fraction of sp³-hybridized carbons (Fsp3) is 0.407. The molecule has 0 spiro atoms. The minimum atomic E-state index is -1.48. The van der Waals surface area contributed by atoms with Crippen LogP contribution in [0.3, 0.4) is 0 Å². The first kappa shape index (κ1) is 30.8. The molecular formula is C27H36N8O6. The van der Waals surface area contributed by atoms with Crippen LogP contribution >= 0.6 is 0 Å². The molecule has 3 aromatic rings. The molecular weight excluding hydrogens is 532 g/mol. The number of H-pyrrole nitrogens is 2. The van der Waals surface area contributed by atoms with Gasteiger partial charge in [-0.2, -0.15) is 0 Å². The molecule has 1 aromatic carbocycles. The number of nitrogens with zero attached hydrogens (tertiary/aromatic N) is 1. The topological polar surface area (TPSA) is 238 Å². The van der Waals surface area contributed by atoms with E-state index in [1.54, 1.807) is 13.1 Å². The number of benzene rings is 1. The van der Waals surface area contributed by atoms with E-state index in [9.17, 15) is 29.1 Å². The number of rotatable bonds is 15. The maximum absolute atomic E-state index is 13.3. The number of carbonyl (C=O) groups is 5. The van der Waals surface area contributed by atoms with Gasteiger partial charge in [0, 0.05) is 35.4 Å². The summed E-state index contributed by atoms with van der Waals surface area (Å²) in [5, 5.41) is 18.0. The van der Waals surface area contributed by atoms with Crippen LogP contribution in [0.25, 0.3) is 10.9 Å². The Morgan fingerprint density at radius 1 is 0.976 bits per heavy atom. The normalized spacial score (nSPS) is 14.8. The lowest BCUT2D eigenvalue weighted by Crippen LogP contribution is -2.59. The van der Waals surface area contributed by atoms with E-state index in [0.29, 0.717) is 12.1 Å². The van der Waals surface area contributed by atoms with Gasteiger partial charge in [0.2, 0.25) is 23.6 Å². The van der Waals surface area contributed by atoms with Crippen LogP contribution in [0.1, 0.15) is 37.9 Å². The smallest absolute Gasteiger partial charge is 0.326 e. The number of primary amides is 1. The minimum Gasteiger partial charge on any atom is -0.480 e. The number of aromatic nitrogens is 3. The maximum atomic E-state index is 13.3. The number of hydrogen-bond acceptors (Lipinski definition) is 7. The molecule has 0 radical (unpaired) electrons. The van der Waals surface area contributed by atoms with Crippen molar-refractivity contribution < 1.29 is 29.1 Å². The molecule has 41 heavy (non-hydrogen) atoms. The predicted molar refractivity (Wildman–Crippen MR) is 149 cm³/mol. The lowest BCUT2D eigenvalue weighted by Gasteiger charge is -2.27. The molecule has 10 N–H and O–H groups in total. The van der Waals surface area contributed by atoms with Gasteiger partial charge in [0.05, 0.1) is 18.8 Å². The van der Waals surface area contributed by atoms with Crippen LogP contribution < -0.4 is 27.4 Å². The number of carbonyl (C=O) groups excluding carboxylic acids is 4. The molecule has 0 aliphatic rings. The number of nitrogens with two attached hydrogens (primary N) is 2. The molecule has 0 bridgehead atoms. The van der Waals surface area contributed by atoms with Crippen LogP contribution in [-0.4, -0.2) is 73.8 Å². The summed E-state index contributed by atoms with van der Waals surface area (Å²) < 4.78 is 0. The fourth-order valence-corrected chi connectivity index (χ4v) is 4.35. The summed E-state index contributed by atoms with van der Waals surface area (Å²) in [6.07, 6.45) is 4.56. The van der Waals surface area contributed by atoms with E-state index in [4.69, 9.17) is 11.5 Å². The summed E-state index contributed by atoms with van der Waals surface area (Å²) in [5.41, 5.74) is 13.7. The summed E-state index contributed by atoms with van der Waals surface area (Å²) in [6.45, 7) is 3.56. The number of aliphatic carboxylic acids is 1. The Bertz CT molecular complexity index is 1370. The molecule has 5 atom stereocenters. The van der Waals surface area contributed by atoms with E-state index < -0.39 is 60.2 Å². The van der Waals surface area contributed by atoms with Gasteiger partial charge in [-0.3, -0.25) is 19.2 Å². The van der Waals surface area contributed by atoms with Crippen molar-refractivity contribution >= 4 is 40.5 Å². The molecule has 14 heteroatoms. The first-order chi connectivity index (χ1) is 19.5. The van der Waals surface area contributed by atoms with Crippen LogP contribution in [0, 0.1) is 5.92 Å². The zero-order valence-electron chi connectivity index (χ0n) is 22.8. The molecule has 0 aliphatic carbocycles. The average molecular weight is 569 g/mol. The van der Waals surface area contributed by atoms with Crippen molar-refractivity contribution in [2.24, 2.45) is 17.4 Å². The number of nitrogens with one attached hydrogen (secondary N) is 5. The third kappa shape index (κ3) is 8.38. The highest BCUT2D eigenvalue weighted by atomic mass is 16.4. The van der Waals surface area contributed by atoms with Gasteiger partial charge in [-0.25, -0.2) is 9.78 Å². The van der Waals surface area contributed by atoms with Gasteiger partial charge in [-0.15, -0.1) is 0 Å². The lowest BCUT2D eigenvalue weighted by molar-refractivity contribution is -0.142. The highest BCUT2D eigenvalue weighted by Crippen LogP contribution is 2.19. The Balaban J connectivity index is 1.70. The second-order valence-corrected chi connectivity index (χ2v) is 9.95. The number of carboxylic acid groups (broad SMARTS) is 1. The second-order valence-electron chi connectivity index (χ2n) is 9.95. The maximum Gasteiger partial charge on any atom is 0.326 e.